The predicted molar refractivity (Wildman–Crippen MR) is 161 cm³/mol. The molecule has 45 heavy (non-hydrogen) atoms. The maximum Gasteiger partial charge on any atom is 0.334 e. The molecule has 3 aliphatic heterocycles. The third-order valence-corrected chi connectivity index (χ3v) is 12.4. The number of ether oxygens (including phenoxy) is 6. The Morgan fingerprint density at radius 3 is 2.49 bits per heavy atom. The number of fused-ring (bicyclic) bond motifs is 4. The van der Waals surface area contributed by atoms with Gasteiger partial charge in [-0.25, -0.2) is 9.59 Å². The molecular formula is C35H48O10. The minimum absolute atomic E-state index is 0.226. The second-order valence-electron chi connectivity index (χ2n) is 14.5. The molecule has 10 heteroatoms. The zero-order valence-corrected chi connectivity index (χ0v) is 27.7. The molecule has 1 N–H and O–H groups in total. The number of hydrogen-bond acceptors (Lipinski definition) is 10. The quantitative estimate of drug-likeness (QED) is 0.198. The Hall–Kier alpha value is -2.53. The maximum atomic E-state index is 13.7. The van der Waals surface area contributed by atoms with E-state index in [4.69, 9.17) is 28.4 Å². The van der Waals surface area contributed by atoms with Gasteiger partial charge in [-0.1, -0.05) is 32.4 Å². The Kier molecular flexibility index (Phi) is 8.15. The maximum absolute atomic E-state index is 13.7. The summed E-state index contributed by atoms with van der Waals surface area (Å²) >= 11 is 0. The Balaban J connectivity index is 1.58. The lowest BCUT2D eigenvalue weighted by molar-refractivity contribution is -0.259. The fourth-order valence-electron chi connectivity index (χ4n) is 10.4. The van der Waals surface area contributed by atoms with E-state index in [0.29, 0.717) is 30.6 Å². The van der Waals surface area contributed by atoms with Gasteiger partial charge in [0.1, 0.15) is 18.8 Å². The van der Waals surface area contributed by atoms with E-state index in [9.17, 15) is 19.5 Å². The van der Waals surface area contributed by atoms with Gasteiger partial charge in [0.2, 0.25) is 0 Å². The fourth-order valence-corrected chi connectivity index (χ4v) is 10.4. The normalized spacial score (nSPS) is 45.6. The average Bonchev–Trinajstić information content (AvgIpc) is 3.64. The van der Waals surface area contributed by atoms with Crippen molar-refractivity contribution in [3.63, 3.8) is 0 Å². The van der Waals surface area contributed by atoms with Crippen molar-refractivity contribution < 1.29 is 47.9 Å². The molecule has 0 aromatic heterocycles. The summed E-state index contributed by atoms with van der Waals surface area (Å²) in [6.45, 7) is 16.2. The predicted octanol–water partition coefficient (Wildman–Crippen LogP) is 4.20. The number of cyclic esters (lactones) is 1. The Morgan fingerprint density at radius 2 is 1.87 bits per heavy atom. The van der Waals surface area contributed by atoms with Gasteiger partial charge in [-0.3, -0.25) is 4.79 Å². The molecule has 0 amide bonds. The van der Waals surface area contributed by atoms with E-state index in [2.05, 4.69) is 20.8 Å². The van der Waals surface area contributed by atoms with Crippen LogP contribution in [-0.4, -0.2) is 79.6 Å². The summed E-state index contributed by atoms with van der Waals surface area (Å²) in [6, 6.07) is 0. The lowest BCUT2D eigenvalue weighted by Gasteiger charge is -2.66. The third kappa shape index (κ3) is 4.60. The first-order valence-corrected chi connectivity index (χ1v) is 16.4. The highest BCUT2D eigenvalue weighted by atomic mass is 16.7. The second-order valence-corrected chi connectivity index (χ2v) is 14.5. The van der Waals surface area contributed by atoms with Crippen molar-refractivity contribution >= 4 is 17.9 Å². The molecule has 3 aliphatic carbocycles. The zero-order valence-electron chi connectivity index (χ0n) is 27.7. The number of carbonyl (C=O) groups is 3. The Labute approximate surface area is 265 Å². The highest BCUT2D eigenvalue weighted by Crippen LogP contribution is 2.72. The first-order chi connectivity index (χ1) is 21.2. The summed E-state index contributed by atoms with van der Waals surface area (Å²) in [6.07, 6.45) is 1.04. The molecule has 3 heterocycles. The van der Waals surface area contributed by atoms with Gasteiger partial charge in [-0.2, -0.15) is 0 Å². The summed E-state index contributed by atoms with van der Waals surface area (Å²) in [4.78, 5) is 38.7. The number of aliphatic hydroxyl groups excluding tert-OH is 1. The van der Waals surface area contributed by atoms with Crippen LogP contribution in [0.25, 0.3) is 0 Å². The lowest BCUT2D eigenvalue weighted by atomic mass is 9.39. The van der Waals surface area contributed by atoms with Gasteiger partial charge in [0.05, 0.1) is 24.9 Å². The number of hydrogen-bond donors (Lipinski definition) is 1. The Morgan fingerprint density at radius 1 is 1.13 bits per heavy atom. The van der Waals surface area contributed by atoms with Crippen molar-refractivity contribution in [2.24, 2.45) is 34.0 Å². The summed E-state index contributed by atoms with van der Waals surface area (Å²) in [5, 5.41) is 12.2. The molecule has 0 aromatic rings. The number of rotatable bonds is 6. The lowest BCUT2D eigenvalue weighted by Crippen LogP contribution is -2.72. The van der Waals surface area contributed by atoms with Gasteiger partial charge >= 0.3 is 17.9 Å². The smallest absolute Gasteiger partial charge is 0.334 e. The van der Waals surface area contributed by atoms with Crippen LogP contribution >= 0.6 is 0 Å². The van der Waals surface area contributed by atoms with Crippen LogP contribution in [0.2, 0.25) is 0 Å². The first kappa shape index (κ1) is 32.4. The molecule has 0 spiro atoms. The first-order valence-electron chi connectivity index (χ1n) is 16.4. The van der Waals surface area contributed by atoms with Gasteiger partial charge in [-0.15, -0.1) is 0 Å². The van der Waals surface area contributed by atoms with Gasteiger partial charge in [0, 0.05) is 65.6 Å². The second kappa shape index (κ2) is 11.3. The van der Waals surface area contributed by atoms with Crippen LogP contribution in [0.5, 0.6) is 0 Å². The molecule has 2 saturated carbocycles. The monoisotopic (exact) mass is 628 g/mol. The van der Waals surface area contributed by atoms with Crippen LogP contribution in [0.3, 0.4) is 0 Å². The molecular weight excluding hydrogens is 580 g/mol. The summed E-state index contributed by atoms with van der Waals surface area (Å²) in [5.74, 6) is -2.00. The molecule has 0 bridgehead atoms. The largest absolute Gasteiger partial charge is 0.462 e. The Bertz CT molecular complexity index is 1360. The van der Waals surface area contributed by atoms with Gasteiger partial charge in [0.15, 0.2) is 6.29 Å². The molecule has 0 radical (unpaired) electrons. The van der Waals surface area contributed by atoms with Crippen LogP contribution in [0.15, 0.2) is 34.4 Å². The van der Waals surface area contributed by atoms with E-state index in [1.54, 1.807) is 19.9 Å². The van der Waals surface area contributed by atoms with E-state index in [-0.39, 0.29) is 43.4 Å². The summed E-state index contributed by atoms with van der Waals surface area (Å²) in [5.41, 5.74) is 0.803. The molecule has 2 saturated heterocycles. The molecule has 0 unspecified atom stereocenters. The van der Waals surface area contributed by atoms with E-state index in [0.717, 1.165) is 11.1 Å². The molecule has 4 fully saturated rings. The van der Waals surface area contributed by atoms with Crippen molar-refractivity contribution in [1.29, 1.82) is 0 Å². The van der Waals surface area contributed by atoms with Crippen molar-refractivity contribution in [3.8, 4) is 0 Å². The van der Waals surface area contributed by atoms with Crippen LogP contribution in [0.4, 0.5) is 0 Å². The van der Waals surface area contributed by atoms with Gasteiger partial charge in [0.25, 0.3) is 0 Å². The SMILES string of the molecule is C/C=C(\C)C(=O)O[C@H]1[C@H]2OC[C@@]3(C)[C@@H](OC(C)=O)C[C@@H](O)[C@](C)([C@H]23)[C@@H]2C[C@@H](OCC)O[C@@H]3C[C@H](C4=CCOC4=O)C(C)=C3[C@]21C. The minimum Gasteiger partial charge on any atom is -0.462 e. The molecule has 0 aromatic carbocycles. The van der Waals surface area contributed by atoms with Gasteiger partial charge < -0.3 is 33.5 Å². The molecule has 248 valence electrons. The number of esters is 3. The minimum atomic E-state index is -0.863. The topological polar surface area (TPSA) is 127 Å². The average molecular weight is 629 g/mol. The van der Waals surface area contributed by atoms with Crippen LogP contribution in [0.1, 0.15) is 74.7 Å². The molecule has 6 rings (SSSR count). The molecule has 12 atom stereocenters. The van der Waals surface area contributed by atoms with E-state index < -0.39 is 65.0 Å². The van der Waals surface area contributed by atoms with Gasteiger partial charge in [-0.05, 0) is 51.7 Å². The van der Waals surface area contributed by atoms with E-state index >= 15 is 0 Å². The molecule has 10 nitrogen and oxygen atoms in total. The van der Waals surface area contributed by atoms with E-state index in [1.807, 2.05) is 19.9 Å². The standard InChI is InChI=1S/C35H48O10/c1-9-17(3)31(38)45-30-28-29-33(6,16-42-28)25(43-19(5)36)15-24(37)34(29,7)23-14-26(40-10-2)44-22-13-21(20-11-12-41-32(20)39)18(4)27(22)35(23,30)8/h9,11,21-26,28-30,37H,10,12-16H2,1-8H3/b17-9+/t21-,22+,23-,24+,25-,26-,28-,29+,30-,33-,34+,35-/m0/s1. The van der Waals surface area contributed by atoms with Crippen LogP contribution in [-0.2, 0) is 42.8 Å². The van der Waals surface area contributed by atoms with Crippen molar-refractivity contribution in [1.82, 2.24) is 0 Å². The highest BCUT2D eigenvalue weighted by molar-refractivity contribution is 5.92. The third-order valence-electron chi connectivity index (χ3n) is 12.4. The van der Waals surface area contributed by atoms with Crippen LogP contribution < -0.4 is 0 Å². The summed E-state index contributed by atoms with van der Waals surface area (Å²) < 4.78 is 37.5. The van der Waals surface area contributed by atoms with Crippen LogP contribution in [0, 0.1) is 34.0 Å². The fraction of sp³-hybridized carbons (Fsp3) is 0.743. The highest BCUT2D eigenvalue weighted by Gasteiger charge is 2.77. The number of aliphatic hydroxyl groups is 1. The molecule has 6 aliphatic rings. The number of allylic oxidation sites excluding steroid dienone is 2. The van der Waals surface area contributed by atoms with Crippen molar-refractivity contribution in [2.75, 3.05) is 19.8 Å². The summed E-state index contributed by atoms with van der Waals surface area (Å²) in [7, 11) is 0. The van der Waals surface area contributed by atoms with Crippen molar-refractivity contribution in [2.45, 2.75) is 111 Å². The van der Waals surface area contributed by atoms with E-state index in [1.165, 1.54) is 6.92 Å². The van der Waals surface area contributed by atoms with Crippen molar-refractivity contribution in [3.05, 3.63) is 34.4 Å². The zero-order chi connectivity index (χ0) is 32.6. The number of carbonyl (C=O) groups excluding carboxylic acids is 3.